The van der Waals surface area contributed by atoms with Crippen LogP contribution in [0.3, 0.4) is 0 Å². The molecule has 108 valence electrons. The molecule has 0 bridgehead atoms. The van der Waals surface area contributed by atoms with E-state index in [0.29, 0.717) is 16.6 Å². The second-order valence-corrected chi connectivity index (χ2v) is 5.23. The average Bonchev–Trinajstić information content (AvgIpc) is 2.47. The van der Waals surface area contributed by atoms with E-state index >= 15 is 0 Å². The van der Waals surface area contributed by atoms with Crippen LogP contribution >= 0.6 is 11.8 Å². The summed E-state index contributed by atoms with van der Waals surface area (Å²) in [4.78, 5) is 8.34. The monoisotopic (exact) mass is 304 g/mol. The summed E-state index contributed by atoms with van der Waals surface area (Å²) in [7, 11) is 0. The Labute approximate surface area is 126 Å². The van der Waals surface area contributed by atoms with Crippen molar-refractivity contribution in [2.75, 3.05) is 11.5 Å². The standard InChI is InChI=1S/C14H13FN4OS/c1-2-21-14-18-12(11(7-16)13(17)19-14)8-20-10-5-3-9(15)4-6-10/h3-6H,2,8H2,1H3,(H2,17,18,19). The third-order valence-corrected chi connectivity index (χ3v) is 3.30. The van der Waals surface area contributed by atoms with E-state index in [1.54, 1.807) is 0 Å². The van der Waals surface area contributed by atoms with E-state index in [9.17, 15) is 4.39 Å². The van der Waals surface area contributed by atoms with Crippen LogP contribution in [0.1, 0.15) is 18.2 Å². The molecule has 0 aliphatic carbocycles. The van der Waals surface area contributed by atoms with Gasteiger partial charge in [-0.15, -0.1) is 0 Å². The molecule has 1 aromatic carbocycles. The minimum absolute atomic E-state index is 0.0680. The van der Waals surface area contributed by atoms with Crippen molar-refractivity contribution in [2.45, 2.75) is 18.7 Å². The second kappa shape index (κ2) is 6.90. The van der Waals surface area contributed by atoms with E-state index in [4.69, 9.17) is 15.7 Å². The first-order valence-electron chi connectivity index (χ1n) is 6.21. The molecule has 7 heteroatoms. The van der Waals surface area contributed by atoms with E-state index in [1.165, 1.54) is 36.0 Å². The van der Waals surface area contributed by atoms with Crippen LogP contribution in [0.4, 0.5) is 10.2 Å². The number of hydrogen-bond donors (Lipinski definition) is 1. The second-order valence-electron chi connectivity index (χ2n) is 4.00. The molecule has 0 unspecified atom stereocenters. The number of rotatable bonds is 5. The molecule has 2 rings (SSSR count). The molecule has 0 aliphatic heterocycles. The fourth-order valence-electron chi connectivity index (χ4n) is 1.61. The molecule has 2 aromatic rings. The predicted octanol–water partition coefficient (Wildman–Crippen LogP) is 2.76. The normalized spacial score (nSPS) is 10.1. The highest BCUT2D eigenvalue weighted by atomic mass is 32.2. The number of halogens is 1. The summed E-state index contributed by atoms with van der Waals surface area (Å²) < 4.78 is 18.3. The van der Waals surface area contributed by atoms with Crippen molar-refractivity contribution in [3.63, 3.8) is 0 Å². The maximum absolute atomic E-state index is 12.8. The number of hydrogen-bond acceptors (Lipinski definition) is 6. The van der Waals surface area contributed by atoms with Crippen molar-refractivity contribution in [2.24, 2.45) is 0 Å². The zero-order chi connectivity index (χ0) is 15.2. The Hall–Kier alpha value is -2.33. The molecule has 0 saturated heterocycles. The lowest BCUT2D eigenvalue weighted by Gasteiger charge is -2.09. The van der Waals surface area contributed by atoms with Crippen molar-refractivity contribution < 1.29 is 9.13 Å². The molecule has 0 fully saturated rings. The fraction of sp³-hybridized carbons (Fsp3) is 0.214. The van der Waals surface area contributed by atoms with Crippen LogP contribution in [-0.2, 0) is 6.61 Å². The smallest absolute Gasteiger partial charge is 0.189 e. The van der Waals surface area contributed by atoms with Crippen LogP contribution in [0, 0.1) is 17.1 Å². The van der Waals surface area contributed by atoms with Crippen molar-refractivity contribution in [1.29, 1.82) is 5.26 Å². The van der Waals surface area contributed by atoms with E-state index < -0.39 is 0 Å². The first-order valence-corrected chi connectivity index (χ1v) is 7.20. The Morgan fingerprint density at radius 2 is 2.05 bits per heavy atom. The van der Waals surface area contributed by atoms with E-state index in [2.05, 4.69) is 9.97 Å². The van der Waals surface area contributed by atoms with Gasteiger partial charge in [-0.1, -0.05) is 18.7 Å². The molecule has 0 spiro atoms. The minimum atomic E-state index is -0.340. The summed E-state index contributed by atoms with van der Waals surface area (Å²) in [6, 6.07) is 7.59. The first-order chi connectivity index (χ1) is 10.1. The lowest BCUT2D eigenvalue weighted by atomic mass is 10.2. The van der Waals surface area contributed by atoms with Crippen LogP contribution in [0.2, 0.25) is 0 Å². The largest absolute Gasteiger partial charge is 0.487 e. The highest BCUT2D eigenvalue weighted by Crippen LogP contribution is 2.21. The molecule has 0 radical (unpaired) electrons. The van der Waals surface area contributed by atoms with Gasteiger partial charge in [-0.05, 0) is 30.0 Å². The van der Waals surface area contributed by atoms with Gasteiger partial charge in [0.25, 0.3) is 0 Å². The number of nitrogens with two attached hydrogens (primary N) is 1. The SMILES string of the molecule is CCSc1nc(N)c(C#N)c(COc2ccc(F)cc2)n1. The molecule has 0 saturated carbocycles. The zero-order valence-electron chi connectivity index (χ0n) is 11.3. The number of aromatic nitrogens is 2. The number of nitrogens with zero attached hydrogens (tertiary/aromatic N) is 3. The summed E-state index contributed by atoms with van der Waals surface area (Å²) in [6.45, 7) is 2.04. The van der Waals surface area contributed by atoms with Gasteiger partial charge in [-0.25, -0.2) is 14.4 Å². The van der Waals surface area contributed by atoms with Crippen molar-refractivity contribution in [3.8, 4) is 11.8 Å². The molecule has 2 N–H and O–H groups in total. The summed E-state index contributed by atoms with van der Waals surface area (Å²) in [5.41, 5.74) is 6.39. The van der Waals surface area contributed by atoms with Gasteiger partial charge < -0.3 is 10.5 Å². The van der Waals surface area contributed by atoms with Crippen LogP contribution in [-0.4, -0.2) is 15.7 Å². The van der Waals surface area contributed by atoms with Gasteiger partial charge >= 0.3 is 0 Å². The number of ether oxygens (including phenoxy) is 1. The lowest BCUT2D eigenvalue weighted by molar-refractivity contribution is 0.299. The number of thioether (sulfide) groups is 1. The van der Waals surface area contributed by atoms with Crippen LogP contribution in [0.15, 0.2) is 29.4 Å². The summed E-state index contributed by atoms with van der Waals surface area (Å²) in [6.07, 6.45) is 0. The summed E-state index contributed by atoms with van der Waals surface area (Å²) >= 11 is 1.43. The maximum atomic E-state index is 12.8. The third kappa shape index (κ3) is 3.83. The van der Waals surface area contributed by atoms with Gasteiger partial charge in [0.2, 0.25) is 0 Å². The van der Waals surface area contributed by atoms with Gasteiger partial charge in [0, 0.05) is 0 Å². The third-order valence-electron chi connectivity index (χ3n) is 2.57. The summed E-state index contributed by atoms with van der Waals surface area (Å²) in [5, 5.41) is 9.64. The zero-order valence-corrected chi connectivity index (χ0v) is 12.2. The summed E-state index contributed by atoms with van der Waals surface area (Å²) in [5.74, 6) is 1.08. The Kier molecular flexibility index (Phi) is 4.95. The molecule has 1 heterocycles. The molecule has 0 aliphatic rings. The van der Waals surface area contributed by atoms with Gasteiger partial charge in [0.15, 0.2) is 5.16 Å². The predicted molar refractivity (Wildman–Crippen MR) is 78.3 cm³/mol. The topological polar surface area (TPSA) is 84.8 Å². The number of anilines is 1. The maximum Gasteiger partial charge on any atom is 0.189 e. The Bertz CT molecular complexity index is 670. The molecule has 5 nitrogen and oxygen atoms in total. The first kappa shape index (κ1) is 15.1. The fourth-order valence-corrected chi connectivity index (χ4v) is 2.20. The van der Waals surface area contributed by atoms with Gasteiger partial charge in [0.05, 0.1) is 0 Å². The van der Waals surface area contributed by atoms with Gasteiger partial charge in [-0.2, -0.15) is 5.26 Å². The molecule has 0 atom stereocenters. The Morgan fingerprint density at radius 1 is 1.33 bits per heavy atom. The van der Waals surface area contributed by atoms with Crippen LogP contribution in [0.25, 0.3) is 0 Å². The molecule has 1 aromatic heterocycles. The molecule has 21 heavy (non-hydrogen) atoms. The average molecular weight is 304 g/mol. The Balaban J connectivity index is 2.21. The Morgan fingerprint density at radius 3 is 2.67 bits per heavy atom. The van der Waals surface area contributed by atoms with Crippen molar-refractivity contribution in [1.82, 2.24) is 9.97 Å². The minimum Gasteiger partial charge on any atom is -0.487 e. The number of benzene rings is 1. The van der Waals surface area contributed by atoms with E-state index in [1.807, 2.05) is 13.0 Å². The lowest BCUT2D eigenvalue weighted by Crippen LogP contribution is -2.08. The molecule has 0 amide bonds. The van der Waals surface area contributed by atoms with Crippen molar-refractivity contribution in [3.05, 3.63) is 41.3 Å². The molecular weight excluding hydrogens is 291 g/mol. The van der Waals surface area contributed by atoms with E-state index in [-0.39, 0.29) is 23.8 Å². The highest BCUT2D eigenvalue weighted by Gasteiger charge is 2.13. The quantitative estimate of drug-likeness (QED) is 0.675. The van der Waals surface area contributed by atoms with Gasteiger partial charge in [0.1, 0.15) is 41.3 Å². The van der Waals surface area contributed by atoms with Crippen molar-refractivity contribution >= 4 is 17.6 Å². The van der Waals surface area contributed by atoms with Crippen LogP contribution < -0.4 is 10.5 Å². The highest BCUT2D eigenvalue weighted by molar-refractivity contribution is 7.99. The number of nitrogen functional groups attached to an aromatic ring is 1. The van der Waals surface area contributed by atoms with Gasteiger partial charge in [-0.3, -0.25) is 0 Å². The van der Waals surface area contributed by atoms with E-state index in [0.717, 1.165) is 5.75 Å². The number of nitriles is 1. The van der Waals surface area contributed by atoms with Crippen LogP contribution in [0.5, 0.6) is 5.75 Å². The molecular formula is C14H13FN4OS.